The van der Waals surface area contributed by atoms with Gasteiger partial charge in [0.2, 0.25) is 47.3 Å². The monoisotopic (exact) mass is 948 g/mol. The number of carbonyl (C=O) groups is 8. The van der Waals surface area contributed by atoms with Crippen LogP contribution >= 0.6 is 0 Å². The van der Waals surface area contributed by atoms with Crippen molar-refractivity contribution in [1.29, 1.82) is 0 Å². The Kier molecular flexibility index (Phi) is 18.2. The van der Waals surface area contributed by atoms with Crippen molar-refractivity contribution < 1.29 is 38.4 Å². The van der Waals surface area contributed by atoms with Crippen LogP contribution in [0.25, 0.3) is 0 Å². The highest BCUT2D eigenvalue weighted by Gasteiger charge is 2.44. The molecule has 19 heteroatoms. The van der Waals surface area contributed by atoms with Gasteiger partial charge in [-0.1, -0.05) is 97.9 Å². The first kappa shape index (κ1) is 51.1. The largest absolute Gasteiger partial charge is 0.370 e. The highest BCUT2D eigenvalue weighted by atomic mass is 16.2. The molecular weight excluding hydrogens is 883 g/mol. The molecule has 69 heavy (non-hydrogen) atoms. The van der Waals surface area contributed by atoms with E-state index in [9.17, 15) is 38.4 Å². The number of rotatable bonds is 11. The Balaban J connectivity index is 1.37. The van der Waals surface area contributed by atoms with Gasteiger partial charge in [-0.3, -0.25) is 43.3 Å². The smallest absolute Gasteiger partial charge is 0.246 e. The Labute approximate surface area is 402 Å². The van der Waals surface area contributed by atoms with Gasteiger partial charge in [-0.25, -0.2) is 0 Å². The molecule has 0 bridgehead atoms. The number of hydrogen-bond acceptors (Lipinski definition) is 9. The summed E-state index contributed by atoms with van der Waals surface area (Å²) in [5.74, 6) is -5.11. The van der Waals surface area contributed by atoms with Gasteiger partial charge < -0.3 is 53.2 Å². The number of benzene rings is 3. The fourth-order valence-corrected chi connectivity index (χ4v) is 9.04. The van der Waals surface area contributed by atoms with E-state index in [0.717, 1.165) is 5.56 Å². The van der Waals surface area contributed by atoms with Crippen LogP contribution in [0.15, 0.2) is 96.0 Å². The van der Waals surface area contributed by atoms with Crippen LogP contribution in [0.4, 0.5) is 0 Å². The number of aliphatic imine (C=N–C) groups is 1. The molecule has 3 aromatic rings. The molecule has 3 fully saturated rings. The van der Waals surface area contributed by atoms with Crippen LogP contribution < -0.4 is 43.4 Å². The van der Waals surface area contributed by atoms with Crippen LogP contribution in [0.1, 0.15) is 75.5 Å². The quantitative estimate of drug-likeness (QED) is 0.0730. The van der Waals surface area contributed by atoms with E-state index >= 15 is 0 Å². The van der Waals surface area contributed by atoms with Crippen LogP contribution in [-0.4, -0.2) is 131 Å². The molecular formula is C50H65N11O8. The number of guanidine groups is 1. The lowest BCUT2D eigenvalue weighted by molar-refractivity contribution is -0.148. The van der Waals surface area contributed by atoms with E-state index in [1.54, 1.807) is 79.7 Å². The predicted octanol–water partition coefficient (Wildman–Crippen LogP) is 0.102. The molecule has 0 aliphatic carbocycles. The van der Waals surface area contributed by atoms with E-state index in [1.165, 1.54) is 16.7 Å². The first-order valence-corrected chi connectivity index (χ1v) is 23.8. The Morgan fingerprint density at radius 1 is 0.522 bits per heavy atom. The molecule has 0 aromatic heterocycles. The Morgan fingerprint density at radius 3 is 1.45 bits per heavy atom. The summed E-state index contributed by atoms with van der Waals surface area (Å²) < 4.78 is 0. The van der Waals surface area contributed by atoms with Crippen LogP contribution in [0.2, 0.25) is 0 Å². The Morgan fingerprint density at radius 2 is 0.942 bits per heavy atom. The van der Waals surface area contributed by atoms with Gasteiger partial charge in [0, 0.05) is 38.9 Å². The van der Waals surface area contributed by atoms with Gasteiger partial charge in [0.15, 0.2) is 5.96 Å². The van der Waals surface area contributed by atoms with Crippen molar-refractivity contribution >= 4 is 53.2 Å². The average molecular weight is 948 g/mol. The summed E-state index contributed by atoms with van der Waals surface area (Å²) in [7, 11) is 0. The lowest BCUT2D eigenvalue weighted by atomic mass is 10.0. The molecule has 3 aromatic carbocycles. The van der Waals surface area contributed by atoms with Crippen LogP contribution in [0.3, 0.4) is 0 Å². The van der Waals surface area contributed by atoms with E-state index in [-0.39, 0.29) is 64.1 Å². The van der Waals surface area contributed by atoms with Gasteiger partial charge >= 0.3 is 0 Å². The molecule has 8 amide bonds. The van der Waals surface area contributed by atoms with Crippen molar-refractivity contribution in [1.82, 2.24) is 41.7 Å². The second kappa shape index (κ2) is 24.6. The van der Waals surface area contributed by atoms with Gasteiger partial charge in [0.1, 0.15) is 48.3 Å². The molecule has 19 nitrogen and oxygen atoms in total. The lowest BCUT2D eigenvalue weighted by Gasteiger charge is -2.33. The van der Waals surface area contributed by atoms with E-state index in [0.29, 0.717) is 36.8 Å². The van der Waals surface area contributed by atoms with Gasteiger partial charge in [-0.05, 0) is 68.6 Å². The summed E-state index contributed by atoms with van der Waals surface area (Å²) in [6.07, 6.45) is 2.10. The normalized spacial score (nSPS) is 25.7. The summed E-state index contributed by atoms with van der Waals surface area (Å²) >= 11 is 0. The molecule has 6 rings (SSSR count). The molecule has 3 saturated heterocycles. The molecule has 0 radical (unpaired) electrons. The van der Waals surface area contributed by atoms with Gasteiger partial charge in [0.25, 0.3) is 0 Å². The molecule has 1 unspecified atom stereocenters. The highest BCUT2D eigenvalue weighted by Crippen LogP contribution is 2.26. The zero-order valence-corrected chi connectivity index (χ0v) is 39.2. The van der Waals surface area contributed by atoms with E-state index in [2.05, 4.69) is 36.9 Å². The van der Waals surface area contributed by atoms with Crippen LogP contribution in [-0.2, 0) is 57.6 Å². The second-order valence-corrected chi connectivity index (χ2v) is 17.8. The summed E-state index contributed by atoms with van der Waals surface area (Å²) in [5, 5.41) is 16.8. The maximum absolute atomic E-state index is 14.6. The van der Waals surface area contributed by atoms with Crippen molar-refractivity contribution in [2.75, 3.05) is 19.6 Å². The third kappa shape index (κ3) is 14.1. The fourth-order valence-electron chi connectivity index (χ4n) is 9.04. The molecule has 8 atom stereocenters. The van der Waals surface area contributed by atoms with Crippen molar-refractivity contribution in [2.24, 2.45) is 16.5 Å². The highest BCUT2D eigenvalue weighted by molar-refractivity contribution is 5.99. The molecule has 3 aliphatic heterocycles. The maximum atomic E-state index is 14.6. The molecule has 0 saturated carbocycles. The van der Waals surface area contributed by atoms with E-state index in [4.69, 9.17) is 11.5 Å². The van der Waals surface area contributed by atoms with Gasteiger partial charge in [-0.2, -0.15) is 0 Å². The number of carbonyl (C=O) groups excluding carboxylic acids is 8. The predicted molar refractivity (Wildman–Crippen MR) is 257 cm³/mol. The molecule has 0 spiro atoms. The first-order chi connectivity index (χ1) is 33.2. The van der Waals surface area contributed by atoms with E-state index in [1.807, 2.05) is 18.2 Å². The summed E-state index contributed by atoms with van der Waals surface area (Å²) in [6, 6.07) is 17.9. The summed E-state index contributed by atoms with van der Waals surface area (Å²) in [6.45, 7) is 3.73. The molecule has 3 heterocycles. The number of amides is 8. The minimum Gasteiger partial charge on any atom is -0.370 e. The fraction of sp³-hybridized carbons (Fsp3) is 0.460. The Bertz CT molecular complexity index is 2310. The van der Waals surface area contributed by atoms with Crippen molar-refractivity contribution in [3.05, 3.63) is 108 Å². The zero-order chi connectivity index (χ0) is 49.5. The third-order valence-electron chi connectivity index (χ3n) is 12.8. The topological polar surface area (TPSA) is 280 Å². The molecule has 3 aliphatic rings. The molecule has 10 N–H and O–H groups in total. The lowest BCUT2D eigenvalue weighted by Crippen LogP contribution is -2.61. The second-order valence-electron chi connectivity index (χ2n) is 17.8. The number of hydrogen-bond donors (Lipinski definition) is 8. The van der Waals surface area contributed by atoms with Crippen molar-refractivity contribution in [3.8, 4) is 0 Å². The van der Waals surface area contributed by atoms with Crippen LogP contribution in [0.5, 0.6) is 0 Å². The van der Waals surface area contributed by atoms with E-state index < -0.39 is 95.6 Å². The zero-order valence-electron chi connectivity index (χ0n) is 39.2. The first-order valence-electron chi connectivity index (χ1n) is 23.8. The minimum atomic E-state index is -1.26. The van der Waals surface area contributed by atoms with Gasteiger partial charge in [0.05, 0.1) is 0 Å². The number of nitrogens with zero attached hydrogens (tertiary/aromatic N) is 3. The summed E-state index contributed by atoms with van der Waals surface area (Å²) in [4.78, 5) is 122. The average Bonchev–Trinajstić information content (AvgIpc) is 4.05. The number of nitrogens with one attached hydrogen (secondary N) is 6. The number of fused-ring (bicyclic) bond motifs is 2. The third-order valence-corrected chi connectivity index (χ3v) is 12.8. The standard InChI is InChI=1S/C50H65N11O8/c1-3-35-43(63)54-31(2)42(62)59-39(30-34-20-11-6-12-21-34)48(68)61-27-15-24-41(61)49(69)60-26-14-23-40(60)47(67)56-36(22-13-25-53-50(51)52)44(64)57-38(29-33-18-9-5-10-19-33)46(66)58-37(45(65)55-35)28-32-16-7-4-8-17-32/h4-12,16-21,31,35-41H,3,13-15,22-30H2,1-2H3,(H,54,63)(H,55,65)(H,56,67)(H,57,64)(H,58,66)(H,59,62)(H4,51,52,53)/t31-,35?,36-,37-,38-,39-,40-,41+/m0/s1. The minimum absolute atomic E-state index is 0.000415. The summed E-state index contributed by atoms with van der Waals surface area (Å²) in [5.41, 5.74) is 13.3. The maximum Gasteiger partial charge on any atom is 0.246 e. The van der Waals surface area contributed by atoms with Gasteiger partial charge in [-0.15, -0.1) is 0 Å². The van der Waals surface area contributed by atoms with Crippen molar-refractivity contribution in [2.45, 2.75) is 126 Å². The SMILES string of the molecule is CCC1NC(=O)[C@H](Cc2ccccc2)NC(=O)[C@H](Cc2ccccc2)NC(=O)[C@H](CCCN=C(N)N)NC(=O)[C@@H]2CCCN2C(=O)[C@H]2CCCN2C(=O)[C@H](Cc2ccccc2)NC(=O)[C@H](C)NC1=O. The Hall–Kier alpha value is -7.31. The van der Waals surface area contributed by atoms with Crippen molar-refractivity contribution in [3.63, 3.8) is 0 Å². The number of nitrogens with two attached hydrogens (primary N) is 2. The van der Waals surface area contributed by atoms with Crippen LogP contribution in [0, 0.1) is 0 Å². The molecule has 368 valence electrons.